The average molecular weight is 337 g/mol. The highest BCUT2D eigenvalue weighted by Gasteiger charge is 2.24. The van der Waals surface area contributed by atoms with E-state index in [1.807, 2.05) is 12.1 Å². The Hall–Kier alpha value is -1.67. The monoisotopic (exact) mass is 337 g/mol. The number of hydrogen-bond donors (Lipinski definition) is 0. The lowest BCUT2D eigenvalue weighted by Crippen LogP contribution is -2.37. The van der Waals surface area contributed by atoms with Crippen molar-refractivity contribution < 1.29 is 4.39 Å². The smallest absolute Gasteiger partial charge is 0.123 e. The van der Waals surface area contributed by atoms with E-state index in [-0.39, 0.29) is 5.82 Å². The van der Waals surface area contributed by atoms with Gasteiger partial charge in [-0.3, -0.25) is 0 Å². The van der Waals surface area contributed by atoms with Crippen molar-refractivity contribution in [2.75, 3.05) is 19.6 Å². The summed E-state index contributed by atoms with van der Waals surface area (Å²) in [4.78, 5) is 2.71. The molecular weight excluding hydrogens is 309 g/mol. The van der Waals surface area contributed by atoms with Crippen molar-refractivity contribution in [3.05, 3.63) is 59.9 Å². The second-order valence-corrected chi connectivity index (χ2v) is 7.88. The Morgan fingerprint density at radius 1 is 0.800 bits per heavy atom. The molecule has 1 heterocycles. The van der Waals surface area contributed by atoms with E-state index >= 15 is 0 Å². The maximum absolute atomic E-state index is 13.1. The summed E-state index contributed by atoms with van der Waals surface area (Å²) in [5, 5.41) is 0. The zero-order valence-electron chi connectivity index (χ0n) is 15.0. The molecule has 0 spiro atoms. The molecule has 1 nitrogen and oxygen atoms in total. The molecule has 2 aromatic carbocycles. The molecule has 25 heavy (non-hydrogen) atoms. The van der Waals surface area contributed by atoms with Gasteiger partial charge in [-0.15, -0.1) is 0 Å². The lowest BCUT2D eigenvalue weighted by Gasteiger charge is -2.34. The van der Waals surface area contributed by atoms with Crippen LogP contribution in [0.4, 0.5) is 4.39 Å². The van der Waals surface area contributed by atoms with Crippen LogP contribution in [0.2, 0.25) is 0 Å². The first-order chi connectivity index (χ1) is 12.3. The number of piperidine rings is 1. The van der Waals surface area contributed by atoms with E-state index in [1.165, 1.54) is 81.4 Å². The first-order valence-electron chi connectivity index (χ1n) is 9.86. The molecule has 4 rings (SSSR count). The maximum atomic E-state index is 13.1. The van der Waals surface area contributed by atoms with Crippen LogP contribution in [-0.4, -0.2) is 24.5 Å². The Balaban J connectivity index is 1.41. The largest absolute Gasteiger partial charge is 0.302 e. The van der Waals surface area contributed by atoms with E-state index in [0.717, 1.165) is 11.5 Å². The van der Waals surface area contributed by atoms with Crippen LogP contribution in [0.25, 0.3) is 11.1 Å². The predicted molar refractivity (Wildman–Crippen MR) is 102 cm³/mol. The highest BCUT2D eigenvalue weighted by Crippen LogP contribution is 2.31. The van der Waals surface area contributed by atoms with Crippen LogP contribution in [0.5, 0.6) is 0 Å². The molecular formula is C23H28FN. The quantitative estimate of drug-likeness (QED) is 0.675. The molecule has 2 aromatic rings. The molecule has 0 bridgehead atoms. The topological polar surface area (TPSA) is 3.24 Å². The summed E-state index contributed by atoms with van der Waals surface area (Å²) < 4.78 is 13.1. The summed E-state index contributed by atoms with van der Waals surface area (Å²) in [5.74, 6) is 1.43. The van der Waals surface area contributed by atoms with Gasteiger partial charge >= 0.3 is 0 Å². The van der Waals surface area contributed by atoms with E-state index < -0.39 is 0 Å². The molecule has 2 fully saturated rings. The number of likely N-dealkylation sites (tertiary alicyclic amines) is 1. The zero-order chi connectivity index (χ0) is 17.1. The molecule has 1 atom stereocenters. The van der Waals surface area contributed by atoms with E-state index in [2.05, 4.69) is 29.2 Å². The van der Waals surface area contributed by atoms with Crippen LogP contribution in [-0.2, 0) is 0 Å². The summed E-state index contributed by atoms with van der Waals surface area (Å²) in [7, 11) is 0. The molecule has 0 unspecified atom stereocenters. The zero-order valence-corrected chi connectivity index (χ0v) is 15.0. The van der Waals surface area contributed by atoms with Gasteiger partial charge in [0.15, 0.2) is 0 Å². The Bertz CT molecular complexity index is 670. The third-order valence-corrected chi connectivity index (χ3v) is 6.06. The van der Waals surface area contributed by atoms with E-state index in [0.29, 0.717) is 5.92 Å². The van der Waals surface area contributed by atoms with Crippen molar-refractivity contribution in [2.24, 2.45) is 5.92 Å². The van der Waals surface area contributed by atoms with Gasteiger partial charge < -0.3 is 4.90 Å². The van der Waals surface area contributed by atoms with Crippen molar-refractivity contribution in [1.29, 1.82) is 0 Å². The lowest BCUT2D eigenvalue weighted by atomic mass is 9.89. The molecule has 1 aliphatic carbocycles. The van der Waals surface area contributed by atoms with Gasteiger partial charge in [-0.05, 0) is 72.9 Å². The Kier molecular flexibility index (Phi) is 5.17. The lowest BCUT2D eigenvalue weighted by molar-refractivity contribution is 0.179. The summed E-state index contributed by atoms with van der Waals surface area (Å²) in [6.07, 6.45) is 8.37. The van der Waals surface area contributed by atoms with Crippen molar-refractivity contribution in [2.45, 2.75) is 44.4 Å². The van der Waals surface area contributed by atoms with Gasteiger partial charge in [-0.25, -0.2) is 4.39 Å². The first kappa shape index (κ1) is 16.8. The van der Waals surface area contributed by atoms with Crippen LogP contribution in [0.3, 0.4) is 0 Å². The van der Waals surface area contributed by atoms with Gasteiger partial charge in [0.25, 0.3) is 0 Å². The van der Waals surface area contributed by atoms with E-state index in [4.69, 9.17) is 0 Å². The molecule has 1 aliphatic heterocycles. The van der Waals surface area contributed by atoms with Gasteiger partial charge in [0, 0.05) is 13.1 Å². The second kappa shape index (κ2) is 7.70. The van der Waals surface area contributed by atoms with E-state index in [9.17, 15) is 4.39 Å². The molecule has 0 radical (unpaired) electrons. The van der Waals surface area contributed by atoms with Gasteiger partial charge in [0.1, 0.15) is 5.82 Å². The van der Waals surface area contributed by atoms with Gasteiger partial charge in [-0.2, -0.15) is 0 Å². The third kappa shape index (κ3) is 4.12. The normalized spacial score (nSPS) is 22.4. The van der Waals surface area contributed by atoms with Crippen LogP contribution < -0.4 is 0 Å². The standard InChI is InChI=1S/C23H28FN/c24-23-13-11-20(12-14-23)19-7-9-21(10-8-19)22-6-3-15-25(17-22)16-18-4-1-2-5-18/h7-14,18,22H,1-6,15-17H2/t22-/m0/s1. The number of benzene rings is 2. The minimum absolute atomic E-state index is 0.176. The SMILES string of the molecule is Fc1ccc(-c2ccc([C@H]3CCCN(CC4CCCC4)C3)cc2)cc1. The molecule has 0 aromatic heterocycles. The van der Waals surface area contributed by atoms with Crippen LogP contribution in [0.15, 0.2) is 48.5 Å². The van der Waals surface area contributed by atoms with Gasteiger partial charge in [0.2, 0.25) is 0 Å². The van der Waals surface area contributed by atoms with Crippen LogP contribution >= 0.6 is 0 Å². The third-order valence-electron chi connectivity index (χ3n) is 6.06. The summed E-state index contributed by atoms with van der Waals surface area (Å²) >= 11 is 0. The Morgan fingerprint density at radius 2 is 1.44 bits per heavy atom. The number of halogens is 1. The van der Waals surface area contributed by atoms with Crippen molar-refractivity contribution in [1.82, 2.24) is 4.90 Å². The van der Waals surface area contributed by atoms with E-state index in [1.54, 1.807) is 0 Å². The van der Waals surface area contributed by atoms with Crippen LogP contribution in [0, 0.1) is 11.7 Å². The average Bonchev–Trinajstić information content (AvgIpc) is 3.16. The molecule has 132 valence electrons. The van der Waals surface area contributed by atoms with Crippen molar-refractivity contribution in [3.63, 3.8) is 0 Å². The highest BCUT2D eigenvalue weighted by atomic mass is 19.1. The minimum atomic E-state index is -0.176. The summed E-state index contributed by atoms with van der Waals surface area (Å²) in [6, 6.07) is 15.7. The minimum Gasteiger partial charge on any atom is -0.302 e. The molecule has 2 aliphatic rings. The fourth-order valence-electron chi connectivity index (χ4n) is 4.64. The fourth-order valence-corrected chi connectivity index (χ4v) is 4.64. The number of rotatable bonds is 4. The van der Waals surface area contributed by atoms with Gasteiger partial charge in [-0.1, -0.05) is 49.2 Å². The molecule has 0 N–H and O–H groups in total. The first-order valence-corrected chi connectivity index (χ1v) is 9.86. The second-order valence-electron chi connectivity index (χ2n) is 7.88. The summed E-state index contributed by atoms with van der Waals surface area (Å²) in [6.45, 7) is 3.80. The Labute approximate surface area is 150 Å². The summed E-state index contributed by atoms with van der Waals surface area (Å²) in [5.41, 5.74) is 3.71. The highest BCUT2D eigenvalue weighted by molar-refractivity contribution is 5.63. The van der Waals surface area contributed by atoms with Crippen LogP contribution in [0.1, 0.15) is 50.0 Å². The molecule has 0 amide bonds. The molecule has 1 saturated carbocycles. The molecule has 1 saturated heterocycles. The number of nitrogens with zero attached hydrogens (tertiary/aromatic N) is 1. The predicted octanol–water partition coefficient (Wildman–Crippen LogP) is 5.86. The van der Waals surface area contributed by atoms with Crippen molar-refractivity contribution in [3.8, 4) is 11.1 Å². The molecule has 2 heteroatoms. The maximum Gasteiger partial charge on any atom is 0.123 e. The fraction of sp³-hybridized carbons (Fsp3) is 0.478. The van der Waals surface area contributed by atoms with Gasteiger partial charge in [0.05, 0.1) is 0 Å². The van der Waals surface area contributed by atoms with Crippen molar-refractivity contribution >= 4 is 0 Å². The Morgan fingerprint density at radius 3 is 2.12 bits per heavy atom. The number of hydrogen-bond acceptors (Lipinski definition) is 1.